The number of nitrogens with zero attached hydrogens (tertiary/aromatic N) is 6. The van der Waals surface area contributed by atoms with E-state index in [1.54, 1.807) is 25.3 Å². The smallest absolute Gasteiger partial charge is 0.324 e. The van der Waals surface area contributed by atoms with Crippen LogP contribution in [0.1, 0.15) is 91.5 Å². The van der Waals surface area contributed by atoms with Crippen molar-refractivity contribution >= 4 is 46.2 Å². The summed E-state index contributed by atoms with van der Waals surface area (Å²) in [7, 11) is 3.30. The number of pyridine rings is 1. The van der Waals surface area contributed by atoms with Crippen LogP contribution in [0.2, 0.25) is 0 Å². The monoisotopic (exact) mass is 911 g/mol. The van der Waals surface area contributed by atoms with Crippen LogP contribution in [0, 0.1) is 17.3 Å². The molecule has 2 aromatic heterocycles. The lowest BCUT2D eigenvalue weighted by Gasteiger charge is -2.44. The Bertz CT molecular complexity index is 2330. The van der Waals surface area contributed by atoms with Crippen molar-refractivity contribution in [3.05, 3.63) is 60.4 Å². The third-order valence-corrected chi connectivity index (χ3v) is 13.9. The highest BCUT2D eigenvalue weighted by Crippen LogP contribution is 2.42. The minimum Gasteiger partial charge on any atom is -0.464 e. The Kier molecular flexibility index (Phi) is 14.6. The van der Waals surface area contributed by atoms with Crippen LogP contribution in [-0.4, -0.2) is 138 Å². The molecule has 2 N–H and O–H groups in total. The second-order valence-electron chi connectivity index (χ2n) is 19.9. The van der Waals surface area contributed by atoms with Gasteiger partial charge in [0.05, 0.1) is 42.2 Å². The van der Waals surface area contributed by atoms with Crippen molar-refractivity contribution in [1.29, 1.82) is 0 Å². The average Bonchev–Trinajstić information content (AvgIpc) is 3.92. The summed E-state index contributed by atoms with van der Waals surface area (Å²) in [6.45, 7) is 20.9. The molecular formula is C50H70N8O8. The van der Waals surface area contributed by atoms with Crippen LogP contribution in [-0.2, 0) is 51.1 Å². The topological polar surface area (TPSA) is 168 Å². The maximum absolute atomic E-state index is 14.8. The number of morpholine rings is 1. The number of cyclic esters (lactones) is 1. The van der Waals surface area contributed by atoms with Crippen LogP contribution in [0.25, 0.3) is 22.2 Å². The van der Waals surface area contributed by atoms with Crippen LogP contribution < -0.4 is 15.6 Å². The van der Waals surface area contributed by atoms with Crippen molar-refractivity contribution in [3.8, 4) is 11.3 Å². The zero-order valence-corrected chi connectivity index (χ0v) is 40.4. The summed E-state index contributed by atoms with van der Waals surface area (Å²) in [6, 6.07) is 7.83. The lowest BCUT2D eigenvalue weighted by atomic mass is 9.84. The average molecular weight is 911 g/mol. The first-order valence-electron chi connectivity index (χ1n) is 23.6. The number of methoxy groups -OCH3 is 1. The van der Waals surface area contributed by atoms with Crippen LogP contribution in [0.3, 0.4) is 0 Å². The largest absolute Gasteiger partial charge is 0.464 e. The number of esters is 1. The van der Waals surface area contributed by atoms with Gasteiger partial charge in [-0.05, 0) is 94.3 Å². The number of hydrazine groups is 1. The van der Waals surface area contributed by atoms with Crippen molar-refractivity contribution in [2.45, 2.75) is 117 Å². The van der Waals surface area contributed by atoms with Crippen molar-refractivity contribution in [3.63, 3.8) is 0 Å². The standard InChI is InChI=1S/C50H70N8O8/c1-11-41(59)55-22-19-33(28-55)46(61)54(9)43(31(3)4)45(60)52-39-27-50(8)29-56(23-24-66-50)34-17-18-40-36(25-34)37(44(57(40)12-2)35-15-13-20-51-42(35)32(5)64-10)26-49(6,7)30-65-48(63)38-16-14-21-58(53-38)47(39)62/h11,13,15,17-18,20,25,31-33,38-39,43,53H,1,12,14,16,19,21-24,26-30H2,2-10H3,(H,52,60)/t32-,33-,38-,39-,43?,50-/m0/s1. The number of fused-ring (bicyclic) bond motifs is 6. The number of benzene rings is 1. The van der Waals surface area contributed by atoms with Gasteiger partial charge in [0.15, 0.2) is 0 Å². The quantitative estimate of drug-likeness (QED) is 0.207. The number of rotatable bonds is 10. The fourth-order valence-corrected chi connectivity index (χ4v) is 10.5. The van der Waals surface area contributed by atoms with E-state index in [9.17, 15) is 24.0 Å². The highest BCUT2D eigenvalue weighted by molar-refractivity contribution is 5.95. The molecule has 4 amide bonds. The van der Waals surface area contributed by atoms with Gasteiger partial charge in [0.2, 0.25) is 17.7 Å². The molecule has 358 valence electrons. The second-order valence-corrected chi connectivity index (χ2v) is 19.9. The minimum atomic E-state index is -1.09. The predicted molar refractivity (Wildman–Crippen MR) is 252 cm³/mol. The third kappa shape index (κ3) is 10.0. The number of nitrogens with one attached hydrogen (secondary N) is 2. The highest BCUT2D eigenvalue weighted by atomic mass is 16.5. The molecule has 3 fully saturated rings. The molecule has 4 aliphatic rings. The first-order valence-corrected chi connectivity index (χ1v) is 23.6. The molecule has 4 aliphatic heterocycles. The first-order chi connectivity index (χ1) is 31.4. The number of hydrogen-bond donors (Lipinski definition) is 2. The second kappa shape index (κ2) is 19.9. The number of likely N-dealkylation sites (tertiary alicyclic amines) is 1. The molecular weight excluding hydrogens is 841 g/mol. The van der Waals surface area contributed by atoms with Gasteiger partial charge in [0, 0.05) is 93.6 Å². The summed E-state index contributed by atoms with van der Waals surface area (Å²) in [6.07, 6.45) is 4.97. The summed E-state index contributed by atoms with van der Waals surface area (Å²) in [5.41, 5.74) is 7.82. The van der Waals surface area contributed by atoms with Gasteiger partial charge >= 0.3 is 5.97 Å². The summed E-state index contributed by atoms with van der Waals surface area (Å²) >= 11 is 0. The maximum atomic E-state index is 14.8. The van der Waals surface area contributed by atoms with Gasteiger partial charge in [-0.3, -0.25) is 34.0 Å². The Morgan fingerprint density at radius 1 is 1.11 bits per heavy atom. The van der Waals surface area contributed by atoms with Crippen molar-refractivity contribution in [1.82, 2.24) is 35.1 Å². The van der Waals surface area contributed by atoms with Crippen molar-refractivity contribution < 1.29 is 38.2 Å². The van der Waals surface area contributed by atoms with E-state index in [1.807, 2.05) is 33.8 Å². The highest BCUT2D eigenvalue weighted by Gasteiger charge is 2.44. The Labute approximate surface area is 389 Å². The molecule has 3 aromatic rings. The zero-order chi connectivity index (χ0) is 47.7. The van der Waals surface area contributed by atoms with Gasteiger partial charge in [0.1, 0.15) is 18.1 Å². The molecule has 0 aliphatic carbocycles. The van der Waals surface area contributed by atoms with Crippen molar-refractivity contribution in [2.75, 3.05) is 65.0 Å². The Balaban J connectivity index is 1.27. The van der Waals surface area contributed by atoms with E-state index in [2.05, 4.69) is 71.8 Å². The molecule has 6 bridgehead atoms. The molecule has 1 unspecified atom stereocenters. The van der Waals surface area contributed by atoms with Crippen LogP contribution in [0.15, 0.2) is 49.2 Å². The molecule has 0 radical (unpaired) electrons. The van der Waals surface area contributed by atoms with Gasteiger partial charge in [-0.15, -0.1) is 0 Å². The molecule has 1 aromatic carbocycles. The van der Waals surface area contributed by atoms with Gasteiger partial charge in [0.25, 0.3) is 5.91 Å². The van der Waals surface area contributed by atoms with Crippen LogP contribution in [0.5, 0.6) is 0 Å². The number of aromatic nitrogens is 2. The van der Waals surface area contributed by atoms with Gasteiger partial charge in [-0.2, -0.15) is 0 Å². The minimum absolute atomic E-state index is 0.116. The summed E-state index contributed by atoms with van der Waals surface area (Å²) in [4.78, 5) is 79.8. The van der Waals surface area contributed by atoms with Gasteiger partial charge in [-0.1, -0.05) is 34.3 Å². The van der Waals surface area contributed by atoms with E-state index < -0.39 is 52.8 Å². The van der Waals surface area contributed by atoms with E-state index in [0.29, 0.717) is 65.0 Å². The molecule has 3 saturated heterocycles. The number of amides is 4. The first kappa shape index (κ1) is 48.6. The summed E-state index contributed by atoms with van der Waals surface area (Å²) in [5, 5.41) is 5.60. The molecule has 6 atom stereocenters. The molecule has 0 spiro atoms. The van der Waals surface area contributed by atoms with Crippen LogP contribution in [0.4, 0.5) is 5.69 Å². The van der Waals surface area contributed by atoms with Gasteiger partial charge < -0.3 is 38.8 Å². The molecule has 16 heteroatoms. The van der Waals surface area contributed by atoms with E-state index >= 15 is 0 Å². The van der Waals surface area contributed by atoms with E-state index in [1.165, 1.54) is 16.0 Å². The SMILES string of the molecule is C=CC(=O)N1CC[C@H](C(=O)N(C)C(C(=O)N[C@H]2C[C@@]3(C)CN(CCO3)c3ccc4c(c3)c(c(-c3cccnc3[C@H](C)OC)n4CC)CC(C)(C)COC(=O)[C@@H]3CCCN(N3)C2=O)C(C)C)C1. The number of carbonyl (C=O) groups excluding carboxylic acids is 5. The Morgan fingerprint density at radius 2 is 1.88 bits per heavy atom. The maximum Gasteiger partial charge on any atom is 0.324 e. The van der Waals surface area contributed by atoms with E-state index in [4.69, 9.17) is 19.2 Å². The fraction of sp³-hybridized carbons (Fsp3) is 0.600. The molecule has 66 heavy (non-hydrogen) atoms. The van der Waals surface area contributed by atoms with Crippen LogP contribution >= 0.6 is 0 Å². The van der Waals surface area contributed by atoms with Gasteiger partial charge in [-0.25, -0.2) is 5.43 Å². The molecule has 7 rings (SSSR count). The number of anilines is 1. The fourth-order valence-electron chi connectivity index (χ4n) is 10.5. The lowest BCUT2D eigenvalue weighted by molar-refractivity contribution is -0.156. The number of aryl methyl sites for hydroxylation is 1. The van der Waals surface area contributed by atoms with E-state index in [0.717, 1.165) is 39.1 Å². The number of carbonyl (C=O) groups is 5. The predicted octanol–water partition coefficient (Wildman–Crippen LogP) is 5.04. The number of likely N-dealkylation sites (N-methyl/N-ethyl adjacent to an activating group) is 1. The lowest BCUT2D eigenvalue weighted by Crippen LogP contribution is -2.64. The molecule has 16 nitrogen and oxygen atoms in total. The van der Waals surface area contributed by atoms with Crippen molar-refractivity contribution in [2.24, 2.45) is 17.3 Å². The Hall–Kier alpha value is -5.32. The zero-order valence-electron chi connectivity index (χ0n) is 40.4. The number of ether oxygens (including phenoxy) is 3. The Morgan fingerprint density at radius 3 is 2.59 bits per heavy atom. The molecule has 6 heterocycles. The molecule has 0 saturated carbocycles. The summed E-state index contributed by atoms with van der Waals surface area (Å²) < 4.78 is 20.9. The van der Waals surface area contributed by atoms with E-state index in [-0.39, 0.29) is 43.4 Å². The summed E-state index contributed by atoms with van der Waals surface area (Å²) in [5.74, 6) is -2.61. The third-order valence-electron chi connectivity index (χ3n) is 13.9. The normalized spacial score (nSPS) is 24.7. The number of hydrogen-bond acceptors (Lipinski definition) is 11.